The van der Waals surface area contributed by atoms with Crippen molar-refractivity contribution in [2.24, 2.45) is 4.99 Å². The summed E-state index contributed by atoms with van der Waals surface area (Å²) >= 11 is 0. The van der Waals surface area contributed by atoms with Gasteiger partial charge in [-0.05, 0) is 0 Å². The Bertz CT molecular complexity index is 46.8. The predicted molar refractivity (Wildman–Crippen MR) is 31.7 cm³/mol. The summed E-state index contributed by atoms with van der Waals surface area (Å²) in [7, 11) is 0. The quantitative estimate of drug-likeness (QED) is 0.449. The standard InChI is InChI=1S/C3H6N2.H2S/c1-2-5-3-4-1;/h3H,1-2H2,(H,4,5);1H2. The average molecular weight is 104 g/mol. The summed E-state index contributed by atoms with van der Waals surface area (Å²) in [5, 5.41) is 2.93. The summed E-state index contributed by atoms with van der Waals surface area (Å²) in [6, 6.07) is 0. The van der Waals surface area contributed by atoms with Crippen LogP contribution in [-0.4, -0.2) is 19.4 Å². The zero-order chi connectivity index (χ0) is 3.54. The Morgan fingerprint density at radius 2 is 2.50 bits per heavy atom. The van der Waals surface area contributed by atoms with Crippen molar-refractivity contribution in [3.8, 4) is 0 Å². The summed E-state index contributed by atoms with van der Waals surface area (Å²) in [6.07, 6.45) is 1.74. The van der Waals surface area contributed by atoms with E-state index in [1.54, 1.807) is 6.34 Å². The third-order valence-corrected chi connectivity index (χ3v) is 0.568. The maximum atomic E-state index is 3.85. The van der Waals surface area contributed by atoms with Crippen LogP contribution in [0.2, 0.25) is 0 Å². The van der Waals surface area contributed by atoms with Gasteiger partial charge in [-0.2, -0.15) is 13.5 Å². The van der Waals surface area contributed by atoms with E-state index in [-0.39, 0.29) is 13.5 Å². The highest BCUT2D eigenvalue weighted by Crippen LogP contribution is 1.68. The number of rotatable bonds is 0. The fourth-order valence-corrected chi connectivity index (χ4v) is 0.323. The van der Waals surface area contributed by atoms with Crippen LogP contribution in [0, 0.1) is 0 Å². The van der Waals surface area contributed by atoms with Crippen molar-refractivity contribution in [2.45, 2.75) is 0 Å². The highest BCUT2D eigenvalue weighted by Gasteiger charge is 1.82. The Hall–Kier alpha value is -0.180. The minimum atomic E-state index is 0. The van der Waals surface area contributed by atoms with Crippen LogP contribution in [0.5, 0.6) is 0 Å². The van der Waals surface area contributed by atoms with Crippen molar-refractivity contribution in [3.63, 3.8) is 0 Å². The van der Waals surface area contributed by atoms with Gasteiger partial charge in [0, 0.05) is 6.54 Å². The Balaban J connectivity index is 0.000000250. The van der Waals surface area contributed by atoms with Crippen LogP contribution >= 0.6 is 13.5 Å². The summed E-state index contributed by atoms with van der Waals surface area (Å²) in [5.41, 5.74) is 0. The molecule has 0 atom stereocenters. The molecule has 0 saturated heterocycles. The molecular formula is C3H8N2S. The summed E-state index contributed by atoms with van der Waals surface area (Å²) in [4.78, 5) is 3.85. The molecule has 0 aliphatic carbocycles. The molecule has 1 N–H and O–H groups in total. The van der Waals surface area contributed by atoms with Gasteiger partial charge in [0.2, 0.25) is 0 Å². The monoisotopic (exact) mass is 104 g/mol. The SMILES string of the molecule is C1=NCCN1.S. The van der Waals surface area contributed by atoms with E-state index in [9.17, 15) is 0 Å². The van der Waals surface area contributed by atoms with E-state index in [1.165, 1.54) is 0 Å². The van der Waals surface area contributed by atoms with Crippen LogP contribution in [0.4, 0.5) is 0 Å². The van der Waals surface area contributed by atoms with E-state index in [0.717, 1.165) is 13.1 Å². The molecule has 0 aromatic heterocycles. The van der Waals surface area contributed by atoms with Crippen molar-refractivity contribution in [1.29, 1.82) is 0 Å². The van der Waals surface area contributed by atoms with Gasteiger partial charge in [0.15, 0.2) is 0 Å². The third kappa shape index (κ3) is 1.31. The summed E-state index contributed by atoms with van der Waals surface area (Å²) in [6.45, 7) is 1.99. The van der Waals surface area contributed by atoms with Gasteiger partial charge in [0.05, 0.1) is 12.9 Å². The number of hydrogen-bond donors (Lipinski definition) is 1. The molecule has 1 aliphatic heterocycles. The maximum absolute atomic E-state index is 3.85. The number of aliphatic imine (C=N–C) groups is 1. The molecule has 1 rings (SSSR count). The van der Waals surface area contributed by atoms with Gasteiger partial charge >= 0.3 is 0 Å². The highest BCUT2D eigenvalue weighted by molar-refractivity contribution is 7.59. The van der Waals surface area contributed by atoms with Gasteiger partial charge < -0.3 is 5.32 Å². The summed E-state index contributed by atoms with van der Waals surface area (Å²) in [5.74, 6) is 0. The molecule has 1 aliphatic rings. The molecule has 0 bridgehead atoms. The molecule has 36 valence electrons. The lowest BCUT2D eigenvalue weighted by atomic mass is 10.7. The minimum Gasteiger partial charge on any atom is -0.375 e. The first-order chi connectivity index (χ1) is 2.50. The van der Waals surface area contributed by atoms with Crippen molar-refractivity contribution in [1.82, 2.24) is 5.32 Å². The second kappa shape index (κ2) is 3.03. The van der Waals surface area contributed by atoms with Gasteiger partial charge in [0.1, 0.15) is 0 Å². The Morgan fingerprint density at radius 1 is 1.67 bits per heavy atom. The lowest BCUT2D eigenvalue weighted by Crippen LogP contribution is -2.04. The zero-order valence-corrected chi connectivity index (χ0v) is 4.44. The maximum Gasteiger partial charge on any atom is 0.0825 e. The minimum absolute atomic E-state index is 0. The van der Waals surface area contributed by atoms with E-state index >= 15 is 0 Å². The lowest BCUT2D eigenvalue weighted by Gasteiger charge is -1.75. The zero-order valence-electron chi connectivity index (χ0n) is 3.44. The molecule has 0 fully saturated rings. The third-order valence-electron chi connectivity index (χ3n) is 0.568. The lowest BCUT2D eigenvalue weighted by molar-refractivity contribution is 0.965. The van der Waals surface area contributed by atoms with Gasteiger partial charge in [-0.1, -0.05) is 0 Å². The molecule has 0 saturated carbocycles. The smallest absolute Gasteiger partial charge is 0.0825 e. The molecule has 0 aromatic rings. The normalized spacial score (nSPS) is 16.0. The first kappa shape index (κ1) is 5.82. The van der Waals surface area contributed by atoms with Gasteiger partial charge in [0.25, 0.3) is 0 Å². The fraction of sp³-hybridized carbons (Fsp3) is 0.667. The van der Waals surface area contributed by atoms with Gasteiger partial charge in [-0.3, -0.25) is 4.99 Å². The molecule has 0 amide bonds. The molecule has 0 radical (unpaired) electrons. The average Bonchev–Trinajstić information content (AvgIpc) is 1.76. The number of nitrogens with zero attached hydrogens (tertiary/aromatic N) is 1. The Kier molecular flexibility index (Phi) is 2.94. The van der Waals surface area contributed by atoms with Crippen molar-refractivity contribution >= 4 is 19.8 Å². The fourth-order valence-electron chi connectivity index (χ4n) is 0.323. The second-order valence-corrected chi connectivity index (χ2v) is 0.989. The van der Waals surface area contributed by atoms with Gasteiger partial charge in [-0.15, -0.1) is 0 Å². The molecular weight excluding hydrogens is 96.1 g/mol. The molecule has 0 spiro atoms. The first-order valence-electron chi connectivity index (χ1n) is 1.72. The van der Waals surface area contributed by atoms with Crippen LogP contribution in [0.3, 0.4) is 0 Å². The predicted octanol–water partition coefficient (Wildman–Crippen LogP) is -0.269. The molecule has 1 heterocycles. The van der Waals surface area contributed by atoms with Crippen molar-refractivity contribution in [3.05, 3.63) is 0 Å². The van der Waals surface area contributed by atoms with Gasteiger partial charge in [-0.25, -0.2) is 0 Å². The Morgan fingerprint density at radius 3 is 2.67 bits per heavy atom. The van der Waals surface area contributed by atoms with E-state index in [1.807, 2.05) is 0 Å². The van der Waals surface area contributed by atoms with Crippen molar-refractivity contribution < 1.29 is 0 Å². The molecule has 6 heavy (non-hydrogen) atoms. The van der Waals surface area contributed by atoms with Crippen LogP contribution in [0.15, 0.2) is 4.99 Å². The Labute approximate surface area is 44.1 Å². The van der Waals surface area contributed by atoms with Crippen LogP contribution in [-0.2, 0) is 0 Å². The highest BCUT2D eigenvalue weighted by atomic mass is 32.1. The number of hydrogen-bond acceptors (Lipinski definition) is 2. The van der Waals surface area contributed by atoms with Crippen LogP contribution in [0.25, 0.3) is 0 Å². The molecule has 0 aromatic carbocycles. The number of nitrogens with one attached hydrogen (secondary N) is 1. The van der Waals surface area contributed by atoms with E-state index < -0.39 is 0 Å². The van der Waals surface area contributed by atoms with E-state index in [2.05, 4.69) is 10.3 Å². The van der Waals surface area contributed by atoms with Crippen molar-refractivity contribution in [2.75, 3.05) is 13.1 Å². The topological polar surface area (TPSA) is 24.4 Å². The van der Waals surface area contributed by atoms with Crippen LogP contribution in [0.1, 0.15) is 0 Å². The summed E-state index contributed by atoms with van der Waals surface area (Å²) < 4.78 is 0. The first-order valence-corrected chi connectivity index (χ1v) is 1.72. The van der Waals surface area contributed by atoms with E-state index in [4.69, 9.17) is 0 Å². The second-order valence-electron chi connectivity index (χ2n) is 0.989. The molecule has 0 unspecified atom stereocenters. The van der Waals surface area contributed by atoms with E-state index in [0.29, 0.717) is 0 Å². The molecule has 3 heteroatoms. The largest absolute Gasteiger partial charge is 0.375 e. The van der Waals surface area contributed by atoms with Crippen LogP contribution < -0.4 is 5.32 Å². The molecule has 2 nitrogen and oxygen atoms in total.